The number of nitrogens with one attached hydrogen (secondary N) is 1. The van der Waals surface area contributed by atoms with Crippen LogP contribution in [0.5, 0.6) is 11.5 Å². The number of rotatable bonds is 8. The monoisotopic (exact) mass is 366 g/mol. The maximum atomic E-state index is 5.82. The fraction of sp³-hybridized carbons (Fsp3) is 0.435. The van der Waals surface area contributed by atoms with Crippen molar-refractivity contribution in [1.29, 1.82) is 0 Å². The van der Waals surface area contributed by atoms with Crippen LogP contribution < -0.4 is 14.8 Å². The van der Waals surface area contributed by atoms with Crippen molar-refractivity contribution in [2.24, 2.45) is 4.99 Å². The maximum Gasteiger partial charge on any atom is 0.119 e. The largest absolute Gasteiger partial charge is 0.493 e. The predicted octanol–water partition coefficient (Wildman–Crippen LogP) is 5.16. The molecule has 1 N–H and O–H groups in total. The van der Waals surface area contributed by atoms with E-state index in [1.807, 2.05) is 42.5 Å². The first-order valence-electron chi connectivity index (χ1n) is 10.0. The minimum absolute atomic E-state index is 0.259. The lowest BCUT2D eigenvalue weighted by molar-refractivity contribution is 0.247. The van der Waals surface area contributed by atoms with Crippen molar-refractivity contribution in [3.8, 4) is 11.5 Å². The SMILES string of the molecule is CC(NC1=NCCCCC1)c1ccc(OCCCOc2ccccc2)cc1. The molecule has 1 aliphatic rings. The topological polar surface area (TPSA) is 42.9 Å². The summed E-state index contributed by atoms with van der Waals surface area (Å²) in [5.74, 6) is 2.96. The highest BCUT2D eigenvalue weighted by molar-refractivity contribution is 5.82. The van der Waals surface area contributed by atoms with Crippen LogP contribution in [0.3, 0.4) is 0 Å². The van der Waals surface area contributed by atoms with Gasteiger partial charge in [0.25, 0.3) is 0 Å². The molecule has 1 unspecified atom stereocenters. The fourth-order valence-electron chi connectivity index (χ4n) is 3.13. The Morgan fingerprint density at radius 1 is 0.889 bits per heavy atom. The summed E-state index contributed by atoms with van der Waals surface area (Å²) >= 11 is 0. The fourth-order valence-corrected chi connectivity index (χ4v) is 3.13. The van der Waals surface area contributed by atoms with Crippen LogP contribution >= 0.6 is 0 Å². The van der Waals surface area contributed by atoms with Gasteiger partial charge in [-0.25, -0.2) is 0 Å². The Kier molecular flexibility index (Phi) is 7.57. The zero-order valence-electron chi connectivity index (χ0n) is 16.2. The van der Waals surface area contributed by atoms with Gasteiger partial charge < -0.3 is 14.8 Å². The normalized spacial score (nSPS) is 15.4. The lowest BCUT2D eigenvalue weighted by Gasteiger charge is -2.17. The number of ether oxygens (including phenoxy) is 2. The van der Waals surface area contributed by atoms with Crippen LogP contribution in [-0.4, -0.2) is 25.6 Å². The molecule has 0 amide bonds. The van der Waals surface area contributed by atoms with Crippen LogP contribution in [0.15, 0.2) is 59.6 Å². The molecule has 1 heterocycles. The molecule has 2 aromatic carbocycles. The standard InChI is InChI=1S/C23H30N2O2/c1-19(25-23-11-6-3-7-16-24-23)20-12-14-22(15-13-20)27-18-8-17-26-21-9-4-2-5-10-21/h2,4-5,9-10,12-15,19H,3,6-8,11,16-18H2,1H3,(H,24,25). The van der Waals surface area contributed by atoms with Gasteiger partial charge in [0.2, 0.25) is 0 Å². The first-order valence-corrected chi connectivity index (χ1v) is 10.0. The third-order valence-electron chi connectivity index (χ3n) is 4.71. The quantitative estimate of drug-likeness (QED) is 0.656. The third-order valence-corrected chi connectivity index (χ3v) is 4.71. The van der Waals surface area contributed by atoms with Gasteiger partial charge in [0.15, 0.2) is 0 Å². The van der Waals surface area contributed by atoms with Gasteiger partial charge in [0.05, 0.1) is 19.0 Å². The van der Waals surface area contributed by atoms with Gasteiger partial charge in [-0.3, -0.25) is 4.99 Å². The van der Waals surface area contributed by atoms with E-state index in [1.165, 1.54) is 24.8 Å². The minimum Gasteiger partial charge on any atom is -0.493 e. The average molecular weight is 367 g/mol. The first-order chi connectivity index (χ1) is 13.3. The highest BCUT2D eigenvalue weighted by Gasteiger charge is 2.10. The summed E-state index contributed by atoms with van der Waals surface area (Å²) in [5, 5.41) is 3.56. The predicted molar refractivity (Wildman–Crippen MR) is 111 cm³/mol. The van der Waals surface area contributed by atoms with Crippen LogP contribution in [0, 0.1) is 0 Å². The first kappa shape index (κ1) is 19.3. The lowest BCUT2D eigenvalue weighted by Crippen LogP contribution is -2.26. The lowest BCUT2D eigenvalue weighted by atomic mass is 10.1. The van der Waals surface area contributed by atoms with Crippen LogP contribution in [0.25, 0.3) is 0 Å². The number of aliphatic imine (C=N–C) groups is 1. The van der Waals surface area contributed by atoms with Gasteiger partial charge in [0, 0.05) is 25.4 Å². The third kappa shape index (κ3) is 6.63. The van der Waals surface area contributed by atoms with E-state index in [0.29, 0.717) is 13.2 Å². The highest BCUT2D eigenvalue weighted by atomic mass is 16.5. The molecule has 0 fully saturated rings. The molecular formula is C23H30N2O2. The van der Waals surface area contributed by atoms with E-state index >= 15 is 0 Å². The van der Waals surface area contributed by atoms with E-state index in [9.17, 15) is 0 Å². The molecule has 27 heavy (non-hydrogen) atoms. The smallest absolute Gasteiger partial charge is 0.119 e. The second-order valence-corrected chi connectivity index (χ2v) is 6.94. The molecule has 2 aromatic rings. The summed E-state index contributed by atoms with van der Waals surface area (Å²) in [5.41, 5.74) is 1.25. The molecule has 1 aliphatic heterocycles. The van der Waals surface area contributed by atoms with Crippen molar-refractivity contribution in [3.05, 3.63) is 60.2 Å². The van der Waals surface area contributed by atoms with Crippen molar-refractivity contribution in [1.82, 2.24) is 5.32 Å². The van der Waals surface area contributed by atoms with Gasteiger partial charge in [-0.1, -0.05) is 36.8 Å². The van der Waals surface area contributed by atoms with Crippen molar-refractivity contribution < 1.29 is 9.47 Å². The summed E-state index contributed by atoms with van der Waals surface area (Å²) in [7, 11) is 0. The molecule has 3 rings (SSSR count). The van der Waals surface area contributed by atoms with Gasteiger partial charge in [-0.15, -0.1) is 0 Å². The summed E-state index contributed by atoms with van der Waals surface area (Å²) in [6.45, 7) is 4.45. The number of nitrogens with zero attached hydrogens (tertiary/aromatic N) is 1. The van der Waals surface area contributed by atoms with E-state index in [4.69, 9.17) is 9.47 Å². The zero-order valence-corrected chi connectivity index (χ0v) is 16.2. The molecule has 0 bridgehead atoms. The Bertz CT molecular complexity index is 698. The molecule has 0 saturated heterocycles. The van der Waals surface area contributed by atoms with Crippen molar-refractivity contribution in [2.75, 3.05) is 19.8 Å². The van der Waals surface area contributed by atoms with Crippen molar-refractivity contribution in [3.63, 3.8) is 0 Å². The molecule has 0 aromatic heterocycles. The number of amidine groups is 1. The van der Waals surface area contributed by atoms with Crippen LogP contribution in [-0.2, 0) is 0 Å². The number of benzene rings is 2. The Morgan fingerprint density at radius 2 is 1.59 bits per heavy atom. The number of para-hydroxylation sites is 1. The molecule has 0 aliphatic carbocycles. The second kappa shape index (κ2) is 10.6. The summed E-state index contributed by atoms with van der Waals surface area (Å²) in [6, 6.07) is 18.5. The Labute approximate surface area is 162 Å². The molecule has 0 spiro atoms. The molecule has 4 heteroatoms. The van der Waals surface area contributed by atoms with Crippen LogP contribution in [0.2, 0.25) is 0 Å². The van der Waals surface area contributed by atoms with Gasteiger partial charge in [-0.05, 0) is 49.6 Å². The van der Waals surface area contributed by atoms with E-state index in [1.54, 1.807) is 0 Å². The summed E-state index contributed by atoms with van der Waals surface area (Å²) < 4.78 is 11.5. The van der Waals surface area contributed by atoms with Crippen molar-refractivity contribution in [2.45, 2.75) is 45.1 Å². The zero-order chi connectivity index (χ0) is 18.7. The van der Waals surface area contributed by atoms with E-state index < -0.39 is 0 Å². The molecule has 1 atom stereocenters. The number of hydrogen-bond acceptors (Lipinski definition) is 4. The molecule has 4 nitrogen and oxygen atoms in total. The van der Waals surface area contributed by atoms with Gasteiger partial charge in [0.1, 0.15) is 11.5 Å². The molecule has 0 radical (unpaired) electrons. The maximum absolute atomic E-state index is 5.82. The number of hydrogen-bond donors (Lipinski definition) is 1. The average Bonchev–Trinajstić information content (AvgIpc) is 2.98. The van der Waals surface area contributed by atoms with Crippen molar-refractivity contribution >= 4 is 5.84 Å². The van der Waals surface area contributed by atoms with Crippen LogP contribution in [0.4, 0.5) is 0 Å². The van der Waals surface area contributed by atoms with Crippen LogP contribution in [0.1, 0.15) is 50.6 Å². The van der Waals surface area contributed by atoms with Gasteiger partial charge in [-0.2, -0.15) is 0 Å². The summed E-state index contributed by atoms with van der Waals surface area (Å²) in [4.78, 5) is 4.66. The Balaban J connectivity index is 1.38. The molecule has 144 valence electrons. The second-order valence-electron chi connectivity index (χ2n) is 6.94. The molecular weight excluding hydrogens is 336 g/mol. The minimum atomic E-state index is 0.259. The van der Waals surface area contributed by atoms with E-state index in [-0.39, 0.29) is 6.04 Å². The van der Waals surface area contributed by atoms with E-state index in [0.717, 1.165) is 36.7 Å². The Hall–Kier alpha value is -2.49. The van der Waals surface area contributed by atoms with Gasteiger partial charge >= 0.3 is 0 Å². The Morgan fingerprint density at radius 3 is 2.33 bits per heavy atom. The molecule has 0 saturated carbocycles. The highest BCUT2D eigenvalue weighted by Crippen LogP contribution is 2.19. The summed E-state index contributed by atoms with van der Waals surface area (Å²) in [6.07, 6.45) is 5.65. The van der Waals surface area contributed by atoms with E-state index in [2.05, 4.69) is 29.4 Å².